The van der Waals surface area contributed by atoms with Gasteiger partial charge >= 0.3 is 0 Å². The summed E-state index contributed by atoms with van der Waals surface area (Å²) in [4.78, 5) is 39.9. The van der Waals surface area contributed by atoms with Crippen LogP contribution in [0.3, 0.4) is 0 Å². The maximum absolute atomic E-state index is 13.3. The third-order valence-corrected chi connectivity index (χ3v) is 5.18. The number of rotatable bonds is 6. The molecule has 0 bridgehead atoms. The van der Waals surface area contributed by atoms with Crippen molar-refractivity contribution in [3.05, 3.63) is 89.4 Å². The summed E-state index contributed by atoms with van der Waals surface area (Å²) < 4.78 is 5.45. The van der Waals surface area contributed by atoms with E-state index in [9.17, 15) is 14.4 Å². The van der Waals surface area contributed by atoms with Crippen LogP contribution in [-0.4, -0.2) is 22.6 Å². The highest BCUT2D eigenvalue weighted by atomic mass is 16.3. The molecule has 6 heteroatoms. The lowest BCUT2D eigenvalue weighted by Crippen LogP contribution is -2.30. The molecule has 0 N–H and O–H groups in total. The van der Waals surface area contributed by atoms with E-state index in [0.717, 1.165) is 16.8 Å². The number of aryl methyl sites for hydroxylation is 1. The van der Waals surface area contributed by atoms with E-state index in [1.807, 2.05) is 37.3 Å². The minimum absolute atomic E-state index is 0.149. The van der Waals surface area contributed by atoms with Gasteiger partial charge in [0, 0.05) is 24.1 Å². The molecule has 6 nitrogen and oxygen atoms in total. The molecule has 0 aliphatic carbocycles. The Bertz CT molecular complexity index is 1040. The van der Waals surface area contributed by atoms with Crippen LogP contribution in [0.15, 0.2) is 71.3 Å². The number of furan rings is 1. The van der Waals surface area contributed by atoms with Crippen molar-refractivity contribution in [3.63, 3.8) is 0 Å². The molecule has 1 aromatic heterocycles. The number of anilines is 1. The van der Waals surface area contributed by atoms with Crippen molar-refractivity contribution in [3.8, 4) is 0 Å². The van der Waals surface area contributed by atoms with Gasteiger partial charge in [0.15, 0.2) is 0 Å². The molecule has 1 saturated heterocycles. The van der Waals surface area contributed by atoms with Gasteiger partial charge in [-0.15, -0.1) is 0 Å². The van der Waals surface area contributed by atoms with E-state index < -0.39 is 0 Å². The van der Waals surface area contributed by atoms with Crippen LogP contribution in [0.1, 0.15) is 40.1 Å². The highest BCUT2D eigenvalue weighted by molar-refractivity contribution is 6.06. The van der Waals surface area contributed by atoms with Crippen LogP contribution in [0.5, 0.6) is 0 Å². The number of hydrogen-bond acceptors (Lipinski definition) is 4. The molecular weight excluding hydrogens is 380 g/mol. The molecule has 4 rings (SSSR count). The Kier molecular flexibility index (Phi) is 5.48. The van der Waals surface area contributed by atoms with Crippen LogP contribution < -0.4 is 4.90 Å². The van der Waals surface area contributed by atoms with E-state index in [4.69, 9.17) is 4.42 Å². The number of carbonyl (C=O) groups excluding carboxylic acids is 3. The highest BCUT2D eigenvalue weighted by Crippen LogP contribution is 2.22. The van der Waals surface area contributed by atoms with Crippen LogP contribution in [0.4, 0.5) is 5.69 Å². The fraction of sp³-hybridized carbons (Fsp3) is 0.208. The van der Waals surface area contributed by atoms with Crippen molar-refractivity contribution in [2.75, 3.05) is 4.90 Å². The minimum atomic E-state index is -0.157. The zero-order valence-electron chi connectivity index (χ0n) is 16.7. The van der Waals surface area contributed by atoms with Gasteiger partial charge in [-0.25, -0.2) is 0 Å². The predicted octanol–water partition coefficient (Wildman–Crippen LogP) is 4.08. The molecule has 0 saturated carbocycles. The fourth-order valence-electron chi connectivity index (χ4n) is 3.45. The lowest BCUT2D eigenvalue weighted by Gasteiger charge is -2.22. The molecule has 0 unspecified atom stereocenters. The number of amides is 3. The minimum Gasteiger partial charge on any atom is -0.467 e. The summed E-state index contributed by atoms with van der Waals surface area (Å²) in [6.45, 7) is 2.55. The number of hydrogen-bond donors (Lipinski definition) is 0. The molecule has 3 aromatic rings. The van der Waals surface area contributed by atoms with Crippen LogP contribution >= 0.6 is 0 Å². The Morgan fingerprint density at radius 3 is 2.23 bits per heavy atom. The lowest BCUT2D eigenvalue weighted by atomic mass is 10.1. The standard InChI is InChI=1S/C24H22N2O4/c1-17-4-10-20(11-5-17)25(16-21-3-2-14-30-21)24(29)19-8-6-18(7-9-19)15-26-22(27)12-13-23(26)28/h2-11,14H,12-13,15-16H2,1H3. The van der Waals surface area contributed by atoms with E-state index in [0.29, 0.717) is 17.9 Å². The first-order valence-electron chi connectivity index (χ1n) is 9.84. The second kappa shape index (κ2) is 8.37. The number of imide groups is 1. The molecule has 30 heavy (non-hydrogen) atoms. The van der Waals surface area contributed by atoms with E-state index in [1.54, 1.807) is 41.5 Å². The van der Waals surface area contributed by atoms with Crippen molar-refractivity contribution in [2.24, 2.45) is 0 Å². The zero-order chi connectivity index (χ0) is 21.1. The summed E-state index contributed by atoms with van der Waals surface area (Å²) in [5, 5.41) is 0. The average molecular weight is 402 g/mol. The highest BCUT2D eigenvalue weighted by Gasteiger charge is 2.28. The molecule has 1 aliphatic rings. The molecule has 0 atom stereocenters. The maximum atomic E-state index is 13.3. The molecule has 2 aromatic carbocycles. The maximum Gasteiger partial charge on any atom is 0.258 e. The van der Waals surface area contributed by atoms with Gasteiger partial charge in [-0.05, 0) is 48.9 Å². The van der Waals surface area contributed by atoms with Gasteiger partial charge in [0.2, 0.25) is 11.8 Å². The first-order chi connectivity index (χ1) is 14.5. The molecule has 0 spiro atoms. The van der Waals surface area contributed by atoms with Gasteiger partial charge in [0.05, 0.1) is 19.4 Å². The molecule has 1 aliphatic heterocycles. The Morgan fingerprint density at radius 1 is 0.967 bits per heavy atom. The van der Waals surface area contributed by atoms with Gasteiger partial charge in [-0.3, -0.25) is 19.3 Å². The van der Waals surface area contributed by atoms with Crippen LogP contribution in [0, 0.1) is 6.92 Å². The van der Waals surface area contributed by atoms with Gasteiger partial charge in [0.1, 0.15) is 5.76 Å². The molecule has 2 heterocycles. The summed E-state index contributed by atoms with van der Waals surface area (Å²) in [6.07, 6.45) is 2.13. The Hall–Kier alpha value is -3.67. The van der Waals surface area contributed by atoms with E-state index >= 15 is 0 Å². The zero-order valence-corrected chi connectivity index (χ0v) is 16.7. The lowest BCUT2D eigenvalue weighted by molar-refractivity contribution is -0.139. The van der Waals surface area contributed by atoms with E-state index in [-0.39, 0.29) is 37.1 Å². The number of nitrogens with zero attached hydrogens (tertiary/aromatic N) is 2. The van der Waals surface area contributed by atoms with Crippen LogP contribution in [0.2, 0.25) is 0 Å². The van der Waals surface area contributed by atoms with Crippen LogP contribution in [0.25, 0.3) is 0 Å². The molecular formula is C24H22N2O4. The fourth-order valence-corrected chi connectivity index (χ4v) is 3.45. The van der Waals surface area contributed by atoms with Gasteiger partial charge < -0.3 is 9.32 Å². The Labute approximate surface area is 174 Å². The summed E-state index contributed by atoms with van der Waals surface area (Å²) in [5.41, 5.74) is 3.21. The van der Waals surface area contributed by atoms with Crippen molar-refractivity contribution in [1.82, 2.24) is 4.90 Å². The molecule has 1 fully saturated rings. The molecule has 3 amide bonds. The topological polar surface area (TPSA) is 70.8 Å². The second-order valence-corrected chi connectivity index (χ2v) is 7.38. The first-order valence-corrected chi connectivity index (χ1v) is 9.84. The monoisotopic (exact) mass is 402 g/mol. The Morgan fingerprint density at radius 2 is 1.63 bits per heavy atom. The van der Waals surface area contributed by atoms with Gasteiger partial charge in [0.25, 0.3) is 5.91 Å². The third-order valence-electron chi connectivity index (χ3n) is 5.18. The van der Waals surface area contributed by atoms with Crippen molar-refractivity contribution < 1.29 is 18.8 Å². The third kappa shape index (κ3) is 4.17. The summed E-state index contributed by atoms with van der Waals surface area (Å²) >= 11 is 0. The summed E-state index contributed by atoms with van der Waals surface area (Å²) in [6, 6.07) is 18.4. The number of carbonyl (C=O) groups is 3. The largest absolute Gasteiger partial charge is 0.467 e. The van der Waals surface area contributed by atoms with Crippen LogP contribution in [-0.2, 0) is 22.7 Å². The van der Waals surface area contributed by atoms with E-state index in [1.165, 1.54) is 4.90 Å². The SMILES string of the molecule is Cc1ccc(N(Cc2ccco2)C(=O)c2ccc(CN3C(=O)CCC3=O)cc2)cc1. The molecule has 0 radical (unpaired) electrons. The first kappa shape index (κ1) is 19.6. The quantitative estimate of drug-likeness (QED) is 0.583. The summed E-state index contributed by atoms with van der Waals surface area (Å²) in [7, 11) is 0. The molecule has 152 valence electrons. The van der Waals surface area contributed by atoms with E-state index in [2.05, 4.69) is 0 Å². The van der Waals surface area contributed by atoms with Gasteiger partial charge in [-0.1, -0.05) is 29.8 Å². The van der Waals surface area contributed by atoms with Crippen molar-refractivity contribution >= 4 is 23.4 Å². The number of likely N-dealkylation sites (tertiary alicyclic amines) is 1. The smallest absolute Gasteiger partial charge is 0.258 e. The average Bonchev–Trinajstić information content (AvgIpc) is 3.38. The normalized spacial score (nSPS) is 13.7. The van der Waals surface area contributed by atoms with Crippen molar-refractivity contribution in [1.29, 1.82) is 0 Å². The van der Waals surface area contributed by atoms with Crippen molar-refractivity contribution in [2.45, 2.75) is 32.9 Å². The second-order valence-electron chi connectivity index (χ2n) is 7.38. The summed E-state index contributed by atoms with van der Waals surface area (Å²) in [5.74, 6) is 0.232. The predicted molar refractivity (Wildman–Crippen MR) is 112 cm³/mol. The van der Waals surface area contributed by atoms with Gasteiger partial charge in [-0.2, -0.15) is 0 Å². The number of benzene rings is 2. The Balaban J connectivity index is 1.55.